The highest BCUT2D eigenvalue weighted by Crippen LogP contribution is 2.31. The Bertz CT molecular complexity index is 741. The molecule has 0 aliphatic heterocycles. The Labute approximate surface area is 119 Å². The molecule has 3 aromatic rings. The number of benzene rings is 3. The van der Waals surface area contributed by atoms with Gasteiger partial charge < -0.3 is 5.11 Å². The lowest BCUT2D eigenvalue weighted by Gasteiger charge is -2.17. The second-order valence-corrected chi connectivity index (χ2v) is 5.33. The fraction of sp³-hybridized carbons (Fsp3) is 0.158. The maximum atomic E-state index is 10.8. The summed E-state index contributed by atoms with van der Waals surface area (Å²) in [5.74, 6) is 0. The van der Waals surface area contributed by atoms with Crippen molar-refractivity contribution in [3.05, 3.63) is 82.9 Å². The fourth-order valence-corrected chi connectivity index (χ4v) is 2.68. The minimum Gasteiger partial charge on any atom is -0.384 e. The number of aryl methyl sites for hydroxylation is 2. The largest absolute Gasteiger partial charge is 0.384 e. The van der Waals surface area contributed by atoms with E-state index in [4.69, 9.17) is 0 Å². The third kappa shape index (κ3) is 2.21. The lowest BCUT2D eigenvalue weighted by Crippen LogP contribution is -2.03. The van der Waals surface area contributed by atoms with Crippen LogP contribution in [0.25, 0.3) is 10.8 Å². The molecule has 0 aliphatic carbocycles. The Balaban J connectivity index is 2.18. The fourth-order valence-electron chi connectivity index (χ4n) is 2.68. The van der Waals surface area contributed by atoms with Crippen LogP contribution in [-0.2, 0) is 0 Å². The van der Waals surface area contributed by atoms with Gasteiger partial charge in [0, 0.05) is 0 Å². The van der Waals surface area contributed by atoms with Crippen molar-refractivity contribution in [3.8, 4) is 0 Å². The Morgan fingerprint density at radius 1 is 0.800 bits per heavy atom. The summed E-state index contributed by atoms with van der Waals surface area (Å²) in [6.45, 7) is 4.11. The van der Waals surface area contributed by atoms with E-state index in [1.807, 2.05) is 36.4 Å². The van der Waals surface area contributed by atoms with E-state index in [9.17, 15) is 5.11 Å². The molecular formula is C19H18O. The molecule has 3 aromatic carbocycles. The maximum Gasteiger partial charge on any atom is 0.105 e. The van der Waals surface area contributed by atoms with Crippen LogP contribution in [0.2, 0.25) is 0 Å². The van der Waals surface area contributed by atoms with E-state index < -0.39 is 6.10 Å². The predicted octanol–water partition coefficient (Wildman–Crippen LogP) is 4.54. The number of aliphatic hydroxyl groups is 1. The van der Waals surface area contributed by atoms with Crippen LogP contribution in [0.4, 0.5) is 0 Å². The zero-order valence-corrected chi connectivity index (χ0v) is 11.8. The van der Waals surface area contributed by atoms with Gasteiger partial charge in [-0.25, -0.2) is 0 Å². The highest BCUT2D eigenvalue weighted by molar-refractivity contribution is 5.87. The molecule has 1 N–H and O–H groups in total. The van der Waals surface area contributed by atoms with E-state index >= 15 is 0 Å². The average Bonchev–Trinajstić information content (AvgIpc) is 2.47. The van der Waals surface area contributed by atoms with E-state index in [0.717, 1.165) is 22.1 Å². The summed E-state index contributed by atoms with van der Waals surface area (Å²) in [6.07, 6.45) is -0.582. The third-order valence-electron chi connectivity index (χ3n) is 3.86. The van der Waals surface area contributed by atoms with Gasteiger partial charge >= 0.3 is 0 Å². The molecule has 0 aliphatic rings. The summed E-state index contributed by atoms with van der Waals surface area (Å²) in [5, 5.41) is 13.1. The Morgan fingerprint density at radius 3 is 2.25 bits per heavy atom. The molecular weight excluding hydrogens is 244 g/mol. The Kier molecular flexibility index (Phi) is 3.29. The SMILES string of the molecule is Cc1ccc([C@@H](O)c2c(C)ccc3ccccc23)cc1. The van der Waals surface area contributed by atoms with Crippen molar-refractivity contribution < 1.29 is 5.11 Å². The normalized spacial score (nSPS) is 12.6. The van der Waals surface area contributed by atoms with Crippen LogP contribution in [-0.4, -0.2) is 5.11 Å². The van der Waals surface area contributed by atoms with Crippen LogP contribution in [0.5, 0.6) is 0 Å². The van der Waals surface area contributed by atoms with Crippen molar-refractivity contribution in [1.29, 1.82) is 0 Å². The van der Waals surface area contributed by atoms with Crippen LogP contribution < -0.4 is 0 Å². The smallest absolute Gasteiger partial charge is 0.105 e. The third-order valence-corrected chi connectivity index (χ3v) is 3.86. The van der Waals surface area contributed by atoms with Crippen molar-refractivity contribution in [2.24, 2.45) is 0 Å². The standard InChI is InChI=1S/C19H18O/c1-13-7-10-16(11-8-13)19(20)18-14(2)9-12-15-5-3-4-6-17(15)18/h3-12,19-20H,1-2H3/t19-/m1/s1. The van der Waals surface area contributed by atoms with E-state index in [0.29, 0.717) is 0 Å². The number of aliphatic hydroxyl groups excluding tert-OH is 1. The molecule has 0 aromatic heterocycles. The lowest BCUT2D eigenvalue weighted by molar-refractivity contribution is 0.221. The zero-order valence-electron chi connectivity index (χ0n) is 11.8. The molecule has 0 saturated carbocycles. The molecule has 1 nitrogen and oxygen atoms in total. The minimum atomic E-state index is -0.582. The van der Waals surface area contributed by atoms with E-state index in [-0.39, 0.29) is 0 Å². The van der Waals surface area contributed by atoms with Crippen LogP contribution in [0.1, 0.15) is 28.4 Å². The van der Waals surface area contributed by atoms with Gasteiger partial charge in [-0.05, 0) is 41.3 Å². The van der Waals surface area contributed by atoms with Gasteiger partial charge in [0.1, 0.15) is 6.10 Å². The molecule has 0 bridgehead atoms. The molecule has 3 rings (SSSR count). The van der Waals surface area contributed by atoms with E-state index in [1.165, 1.54) is 10.9 Å². The highest BCUT2D eigenvalue weighted by Gasteiger charge is 2.15. The molecule has 0 saturated heterocycles. The molecule has 1 heteroatoms. The first-order chi connectivity index (χ1) is 9.66. The summed E-state index contributed by atoms with van der Waals surface area (Å²) in [6, 6.07) is 20.5. The van der Waals surface area contributed by atoms with Gasteiger partial charge in [0.25, 0.3) is 0 Å². The first-order valence-electron chi connectivity index (χ1n) is 6.89. The van der Waals surface area contributed by atoms with E-state index in [2.05, 4.69) is 38.1 Å². The van der Waals surface area contributed by atoms with Gasteiger partial charge in [0.15, 0.2) is 0 Å². The molecule has 100 valence electrons. The first kappa shape index (κ1) is 12.9. The predicted molar refractivity (Wildman–Crippen MR) is 83.9 cm³/mol. The molecule has 0 heterocycles. The molecule has 0 unspecified atom stereocenters. The summed E-state index contributed by atoms with van der Waals surface area (Å²) in [5.41, 5.74) is 4.27. The molecule has 0 amide bonds. The van der Waals surface area contributed by atoms with Crippen LogP contribution >= 0.6 is 0 Å². The van der Waals surface area contributed by atoms with E-state index in [1.54, 1.807) is 0 Å². The molecule has 1 atom stereocenters. The second kappa shape index (κ2) is 5.10. The summed E-state index contributed by atoms with van der Waals surface area (Å²) >= 11 is 0. The molecule has 0 radical (unpaired) electrons. The topological polar surface area (TPSA) is 20.2 Å². The molecule has 0 fully saturated rings. The van der Waals surface area contributed by atoms with Gasteiger partial charge in [0.05, 0.1) is 0 Å². The van der Waals surface area contributed by atoms with Gasteiger partial charge in [-0.2, -0.15) is 0 Å². The number of rotatable bonds is 2. The summed E-state index contributed by atoms with van der Waals surface area (Å²) in [7, 11) is 0. The number of hydrogen-bond acceptors (Lipinski definition) is 1. The van der Waals surface area contributed by atoms with Gasteiger partial charge in [-0.3, -0.25) is 0 Å². The summed E-state index contributed by atoms with van der Waals surface area (Å²) in [4.78, 5) is 0. The van der Waals surface area contributed by atoms with Crippen molar-refractivity contribution >= 4 is 10.8 Å². The average molecular weight is 262 g/mol. The lowest BCUT2D eigenvalue weighted by atomic mass is 9.92. The van der Waals surface area contributed by atoms with Crippen LogP contribution in [0, 0.1) is 13.8 Å². The van der Waals surface area contributed by atoms with Gasteiger partial charge in [-0.15, -0.1) is 0 Å². The van der Waals surface area contributed by atoms with Crippen LogP contribution in [0.15, 0.2) is 60.7 Å². The Morgan fingerprint density at radius 2 is 1.50 bits per heavy atom. The molecule has 0 spiro atoms. The summed E-state index contributed by atoms with van der Waals surface area (Å²) < 4.78 is 0. The van der Waals surface area contributed by atoms with Crippen molar-refractivity contribution in [3.63, 3.8) is 0 Å². The monoisotopic (exact) mass is 262 g/mol. The van der Waals surface area contributed by atoms with Crippen molar-refractivity contribution in [1.82, 2.24) is 0 Å². The van der Waals surface area contributed by atoms with Gasteiger partial charge in [-0.1, -0.05) is 66.2 Å². The zero-order chi connectivity index (χ0) is 14.1. The van der Waals surface area contributed by atoms with Crippen molar-refractivity contribution in [2.75, 3.05) is 0 Å². The van der Waals surface area contributed by atoms with Crippen LogP contribution in [0.3, 0.4) is 0 Å². The second-order valence-electron chi connectivity index (χ2n) is 5.33. The number of hydrogen-bond donors (Lipinski definition) is 1. The maximum absolute atomic E-state index is 10.8. The molecule has 20 heavy (non-hydrogen) atoms. The minimum absolute atomic E-state index is 0.582. The Hall–Kier alpha value is -2.12. The highest BCUT2D eigenvalue weighted by atomic mass is 16.3. The first-order valence-corrected chi connectivity index (χ1v) is 6.89. The van der Waals surface area contributed by atoms with Gasteiger partial charge in [0.2, 0.25) is 0 Å². The number of fused-ring (bicyclic) bond motifs is 1. The van der Waals surface area contributed by atoms with Crippen molar-refractivity contribution in [2.45, 2.75) is 20.0 Å². The quantitative estimate of drug-likeness (QED) is 0.719.